The summed E-state index contributed by atoms with van der Waals surface area (Å²) in [6.07, 6.45) is 2.98. The van der Waals surface area contributed by atoms with E-state index in [9.17, 15) is 9.59 Å². The van der Waals surface area contributed by atoms with Gasteiger partial charge in [0.25, 0.3) is 0 Å². The summed E-state index contributed by atoms with van der Waals surface area (Å²) in [5, 5.41) is 0. The molecule has 118 valence electrons. The number of hydrogen-bond donors (Lipinski definition) is 0. The van der Waals surface area contributed by atoms with Crippen LogP contribution in [0.15, 0.2) is 16.1 Å². The fourth-order valence-electron chi connectivity index (χ4n) is 2.31. The summed E-state index contributed by atoms with van der Waals surface area (Å²) >= 11 is 0. The Kier molecular flexibility index (Phi) is 5.87. The highest BCUT2D eigenvalue weighted by Crippen LogP contribution is 2.28. The molecule has 0 aliphatic heterocycles. The van der Waals surface area contributed by atoms with Crippen molar-refractivity contribution in [3.05, 3.63) is 11.1 Å². The number of nitrogens with zero attached hydrogens (tertiary/aromatic N) is 1. The van der Waals surface area contributed by atoms with Crippen molar-refractivity contribution in [1.82, 2.24) is 0 Å². The van der Waals surface area contributed by atoms with Gasteiger partial charge in [-0.3, -0.25) is 4.79 Å². The van der Waals surface area contributed by atoms with E-state index in [0.29, 0.717) is 12.1 Å². The van der Waals surface area contributed by atoms with Crippen LogP contribution in [0.5, 0.6) is 0 Å². The first kappa shape index (κ1) is 17.6. The largest absolute Gasteiger partial charge is 0.442 e. The number of aliphatic imine (C=N–C) groups is 1. The third kappa shape index (κ3) is 5.82. The molecule has 0 saturated carbocycles. The molecule has 0 atom stereocenters. The summed E-state index contributed by atoms with van der Waals surface area (Å²) < 4.78 is 5.19. The molecule has 0 unspecified atom stereocenters. The summed E-state index contributed by atoms with van der Waals surface area (Å²) in [6, 6.07) is 0. The lowest BCUT2D eigenvalue weighted by Gasteiger charge is -2.18. The van der Waals surface area contributed by atoms with Crippen molar-refractivity contribution in [2.45, 2.75) is 72.8 Å². The van der Waals surface area contributed by atoms with Crippen molar-refractivity contribution in [2.75, 3.05) is 0 Å². The standard InChI is InChI=1S/C17H27NO3/c1-11(2)15(19)14(10-13-9-7-8-12(13)3)18-16(20)21-17(4,5)6/h11H,7-10H2,1-6H3. The van der Waals surface area contributed by atoms with Gasteiger partial charge in [-0.15, -0.1) is 0 Å². The molecule has 4 nitrogen and oxygen atoms in total. The van der Waals surface area contributed by atoms with Crippen LogP contribution in [0.4, 0.5) is 4.79 Å². The third-order valence-electron chi connectivity index (χ3n) is 3.44. The van der Waals surface area contributed by atoms with Gasteiger partial charge in [-0.25, -0.2) is 4.79 Å². The fraction of sp³-hybridized carbons (Fsp3) is 0.706. The van der Waals surface area contributed by atoms with Crippen LogP contribution < -0.4 is 0 Å². The fourth-order valence-corrected chi connectivity index (χ4v) is 2.31. The maximum Gasteiger partial charge on any atom is 0.434 e. The number of ether oxygens (including phenoxy) is 1. The molecule has 1 rings (SSSR count). The molecule has 0 N–H and O–H groups in total. The van der Waals surface area contributed by atoms with Gasteiger partial charge in [-0.2, -0.15) is 4.99 Å². The topological polar surface area (TPSA) is 55.7 Å². The number of amides is 1. The van der Waals surface area contributed by atoms with Crippen LogP contribution in [-0.2, 0) is 9.53 Å². The van der Waals surface area contributed by atoms with Crippen molar-refractivity contribution in [3.8, 4) is 0 Å². The Balaban J connectivity index is 2.94. The van der Waals surface area contributed by atoms with Crippen LogP contribution in [0.25, 0.3) is 0 Å². The zero-order valence-corrected chi connectivity index (χ0v) is 14.1. The van der Waals surface area contributed by atoms with E-state index < -0.39 is 11.7 Å². The minimum atomic E-state index is -0.678. The van der Waals surface area contributed by atoms with Gasteiger partial charge in [-0.05, 0) is 47.0 Å². The van der Waals surface area contributed by atoms with Crippen LogP contribution in [0.2, 0.25) is 0 Å². The van der Waals surface area contributed by atoms with Crippen molar-refractivity contribution >= 4 is 17.6 Å². The van der Waals surface area contributed by atoms with Crippen molar-refractivity contribution in [3.63, 3.8) is 0 Å². The lowest BCUT2D eigenvalue weighted by molar-refractivity contribution is -0.115. The van der Waals surface area contributed by atoms with E-state index in [4.69, 9.17) is 4.74 Å². The highest BCUT2D eigenvalue weighted by molar-refractivity contribution is 6.42. The molecule has 0 bridgehead atoms. The predicted molar refractivity (Wildman–Crippen MR) is 84.7 cm³/mol. The number of rotatable bonds is 4. The second-order valence-electron chi connectivity index (χ2n) is 6.97. The molecular weight excluding hydrogens is 266 g/mol. The summed E-state index contributed by atoms with van der Waals surface area (Å²) in [5.74, 6) is -0.249. The van der Waals surface area contributed by atoms with Crippen molar-refractivity contribution in [1.29, 1.82) is 0 Å². The molecule has 0 saturated heterocycles. The van der Waals surface area contributed by atoms with Gasteiger partial charge >= 0.3 is 6.09 Å². The van der Waals surface area contributed by atoms with Gasteiger partial charge in [0.2, 0.25) is 0 Å². The molecular formula is C17H27NO3. The number of Topliss-reactive ketones (excluding diaryl/α,β-unsaturated/α-hetero) is 1. The SMILES string of the molecule is CC1=C(CC(=NC(=O)OC(C)(C)C)C(=O)C(C)C)CCC1. The van der Waals surface area contributed by atoms with Crippen molar-refractivity contribution < 1.29 is 14.3 Å². The van der Waals surface area contributed by atoms with E-state index in [1.165, 1.54) is 11.1 Å². The lowest BCUT2D eigenvalue weighted by Crippen LogP contribution is -2.26. The Hall–Kier alpha value is -1.45. The molecule has 1 aliphatic carbocycles. The van der Waals surface area contributed by atoms with E-state index in [0.717, 1.165) is 19.3 Å². The molecule has 4 heteroatoms. The highest BCUT2D eigenvalue weighted by atomic mass is 16.6. The molecule has 0 radical (unpaired) electrons. The molecule has 1 aliphatic rings. The highest BCUT2D eigenvalue weighted by Gasteiger charge is 2.23. The smallest absolute Gasteiger partial charge is 0.434 e. The Morgan fingerprint density at radius 1 is 1.24 bits per heavy atom. The molecule has 1 amide bonds. The predicted octanol–water partition coefficient (Wildman–Crippen LogP) is 4.48. The van der Waals surface area contributed by atoms with Gasteiger partial charge in [0.1, 0.15) is 5.60 Å². The minimum Gasteiger partial charge on any atom is -0.442 e. The van der Waals surface area contributed by atoms with Crippen LogP contribution >= 0.6 is 0 Å². The first-order valence-corrected chi connectivity index (χ1v) is 7.62. The van der Waals surface area contributed by atoms with Gasteiger partial charge < -0.3 is 4.74 Å². The number of ketones is 1. The van der Waals surface area contributed by atoms with E-state index in [1.807, 2.05) is 13.8 Å². The van der Waals surface area contributed by atoms with Gasteiger partial charge in [-0.1, -0.05) is 25.0 Å². The second kappa shape index (κ2) is 7.01. The molecule has 0 spiro atoms. The monoisotopic (exact) mass is 293 g/mol. The van der Waals surface area contributed by atoms with Crippen LogP contribution in [0.3, 0.4) is 0 Å². The van der Waals surface area contributed by atoms with Gasteiger partial charge in [0, 0.05) is 12.3 Å². The summed E-state index contributed by atoms with van der Waals surface area (Å²) in [5.41, 5.74) is 2.29. The van der Waals surface area contributed by atoms with E-state index in [2.05, 4.69) is 11.9 Å². The quantitative estimate of drug-likeness (QED) is 0.567. The number of carbonyl (C=O) groups is 2. The van der Waals surface area contributed by atoms with Crippen LogP contribution in [-0.4, -0.2) is 23.2 Å². The third-order valence-corrected chi connectivity index (χ3v) is 3.44. The first-order chi connectivity index (χ1) is 9.60. The maximum absolute atomic E-state index is 12.3. The Morgan fingerprint density at radius 3 is 2.29 bits per heavy atom. The Labute approximate surface area is 127 Å². The summed E-state index contributed by atoms with van der Waals surface area (Å²) in [6.45, 7) is 11.1. The summed E-state index contributed by atoms with van der Waals surface area (Å²) in [4.78, 5) is 28.1. The van der Waals surface area contributed by atoms with E-state index in [1.54, 1.807) is 20.8 Å². The van der Waals surface area contributed by atoms with Crippen LogP contribution in [0.1, 0.15) is 67.2 Å². The Morgan fingerprint density at radius 2 is 1.86 bits per heavy atom. The number of allylic oxidation sites excluding steroid dienone is 2. The molecule has 0 aromatic carbocycles. The minimum absolute atomic E-state index is 0.0759. The van der Waals surface area contributed by atoms with Gasteiger partial charge in [0.05, 0.1) is 5.71 Å². The molecule has 0 fully saturated rings. The zero-order valence-electron chi connectivity index (χ0n) is 14.1. The zero-order chi connectivity index (χ0) is 16.2. The van der Waals surface area contributed by atoms with E-state index in [-0.39, 0.29) is 11.7 Å². The molecule has 0 aromatic rings. The average Bonchev–Trinajstić information content (AvgIpc) is 2.70. The Bertz CT molecular complexity index is 479. The molecule has 21 heavy (non-hydrogen) atoms. The first-order valence-electron chi connectivity index (χ1n) is 7.62. The second-order valence-corrected chi connectivity index (χ2v) is 6.97. The van der Waals surface area contributed by atoms with Crippen molar-refractivity contribution in [2.24, 2.45) is 10.9 Å². The average molecular weight is 293 g/mol. The van der Waals surface area contributed by atoms with Crippen LogP contribution in [0, 0.1) is 5.92 Å². The normalized spacial score (nSPS) is 16.6. The molecule has 0 heterocycles. The number of hydrogen-bond acceptors (Lipinski definition) is 3. The molecule has 0 aromatic heterocycles. The lowest BCUT2D eigenvalue weighted by atomic mass is 9.97. The number of carbonyl (C=O) groups excluding carboxylic acids is 2. The van der Waals surface area contributed by atoms with Gasteiger partial charge in [0.15, 0.2) is 5.78 Å². The summed E-state index contributed by atoms with van der Waals surface area (Å²) in [7, 11) is 0. The van der Waals surface area contributed by atoms with E-state index >= 15 is 0 Å². The maximum atomic E-state index is 12.3.